The zero-order valence-electron chi connectivity index (χ0n) is 18.7. The number of ether oxygens (including phenoxy) is 2. The molecule has 4 nitrogen and oxygen atoms in total. The molecule has 0 atom stereocenters. The molecule has 0 bridgehead atoms. The molecule has 6 heteroatoms. The molecule has 0 saturated heterocycles. The van der Waals surface area contributed by atoms with E-state index in [0.717, 1.165) is 16.5 Å². The number of nitrogens with zero attached hydrogens (tertiary/aromatic N) is 1. The first-order valence-corrected chi connectivity index (χ1v) is 11.9. The number of carbonyl (C=O) groups is 1. The molecule has 3 aromatic carbocycles. The lowest BCUT2D eigenvalue weighted by Gasteiger charge is -2.17. The lowest BCUT2D eigenvalue weighted by Crippen LogP contribution is -2.10. The lowest BCUT2D eigenvalue weighted by molar-refractivity contribution is 0.0590. The number of aromatic nitrogens is 1. The molecule has 0 radical (unpaired) electrons. The molecule has 0 unspecified atom stereocenters. The summed E-state index contributed by atoms with van der Waals surface area (Å²) in [6, 6.07) is 21.5. The highest BCUT2D eigenvalue weighted by atomic mass is 35.5. The average Bonchev–Trinajstić information content (AvgIpc) is 2.82. The third-order valence-electron chi connectivity index (χ3n) is 5.34. The summed E-state index contributed by atoms with van der Waals surface area (Å²) in [4.78, 5) is 17.7. The molecule has 0 saturated carbocycles. The van der Waals surface area contributed by atoms with Crippen LogP contribution < -0.4 is 4.74 Å². The largest absolute Gasteiger partial charge is 0.487 e. The second kappa shape index (κ2) is 10.3. The van der Waals surface area contributed by atoms with Crippen molar-refractivity contribution < 1.29 is 14.3 Å². The molecule has 0 aliphatic carbocycles. The molecule has 0 spiro atoms. The standard InChI is InChI=1S/C27H24ClNO3S/c1-17-11-12-18(2)20(13-17)16-33-26-24(27(30)31-3)25(22-9-4-5-10-23(22)29-26)32-15-19-7-6-8-21(28)14-19/h4-14H,15-16H2,1-3H3. The number of aryl methyl sites for hydroxylation is 2. The summed E-state index contributed by atoms with van der Waals surface area (Å²) in [5.41, 5.74) is 5.60. The number of para-hydroxylation sites is 1. The van der Waals surface area contributed by atoms with Crippen LogP contribution in [0.4, 0.5) is 0 Å². The molecule has 4 rings (SSSR count). The van der Waals surface area contributed by atoms with Gasteiger partial charge in [-0.2, -0.15) is 0 Å². The van der Waals surface area contributed by atoms with Crippen LogP contribution in [0, 0.1) is 13.8 Å². The van der Waals surface area contributed by atoms with Crippen molar-refractivity contribution in [3.05, 3.63) is 99.6 Å². The highest BCUT2D eigenvalue weighted by Crippen LogP contribution is 2.38. The summed E-state index contributed by atoms with van der Waals surface area (Å²) in [5.74, 6) is 0.671. The molecule has 168 valence electrons. The van der Waals surface area contributed by atoms with Gasteiger partial charge in [0.15, 0.2) is 0 Å². The second-order valence-corrected chi connectivity index (χ2v) is 9.17. The first kappa shape index (κ1) is 23.1. The predicted molar refractivity (Wildman–Crippen MR) is 134 cm³/mol. The van der Waals surface area contributed by atoms with E-state index < -0.39 is 5.97 Å². The minimum absolute atomic E-state index is 0.264. The fourth-order valence-electron chi connectivity index (χ4n) is 3.58. The Kier molecular flexibility index (Phi) is 7.21. The SMILES string of the molecule is COC(=O)c1c(SCc2cc(C)ccc2C)nc2ccccc2c1OCc1cccc(Cl)c1. The summed E-state index contributed by atoms with van der Waals surface area (Å²) in [5, 5.41) is 1.98. The number of hydrogen-bond acceptors (Lipinski definition) is 5. The van der Waals surface area contributed by atoms with E-state index >= 15 is 0 Å². The minimum atomic E-state index is -0.474. The first-order chi connectivity index (χ1) is 16.0. The molecule has 0 aliphatic rings. The van der Waals surface area contributed by atoms with Gasteiger partial charge in [0.2, 0.25) is 0 Å². The normalized spacial score (nSPS) is 10.9. The lowest BCUT2D eigenvalue weighted by atomic mass is 10.1. The average molecular weight is 478 g/mol. The van der Waals surface area contributed by atoms with Gasteiger partial charge in [0.1, 0.15) is 22.9 Å². The highest BCUT2D eigenvalue weighted by Gasteiger charge is 2.24. The monoisotopic (exact) mass is 477 g/mol. The van der Waals surface area contributed by atoms with Crippen LogP contribution in [0.5, 0.6) is 5.75 Å². The molecular formula is C27H24ClNO3S. The molecule has 1 heterocycles. The summed E-state index contributed by atoms with van der Waals surface area (Å²) in [6.07, 6.45) is 0. The summed E-state index contributed by atoms with van der Waals surface area (Å²) in [6.45, 7) is 4.42. The third kappa shape index (κ3) is 5.32. The van der Waals surface area contributed by atoms with Crippen LogP contribution in [-0.4, -0.2) is 18.1 Å². The topological polar surface area (TPSA) is 48.4 Å². The van der Waals surface area contributed by atoms with Gasteiger partial charge in [-0.15, -0.1) is 11.8 Å². The van der Waals surface area contributed by atoms with E-state index in [2.05, 4.69) is 32.0 Å². The number of benzene rings is 3. The molecular weight excluding hydrogens is 454 g/mol. The summed E-state index contributed by atoms with van der Waals surface area (Å²) < 4.78 is 11.4. The Balaban J connectivity index is 1.77. The molecule has 4 aromatic rings. The third-order valence-corrected chi connectivity index (χ3v) is 6.60. The van der Waals surface area contributed by atoms with Crippen molar-refractivity contribution in [2.45, 2.75) is 31.2 Å². The zero-order chi connectivity index (χ0) is 23.4. The fourth-order valence-corrected chi connectivity index (χ4v) is 4.88. The number of hydrogen-bond donors (Lipinski definition) is 0. The number of rotatable bonds is 7. The van der Waals surface area contributed by atoms with Crippen molar-refractivity contribution >= 4 is 40.2 Å². The van der Waals surface area contributed by atoms with Crippen LogP contribution in [0.2, 0.25) is 5.02 Å². The van der Waals surface area contributed by atoms with Crippen LogP contribution >= 0.6 is 23.4 Å². The Labute approximate surface area is 202 Å². The van der Waals surface area contributed by atoms with Crippen LogP contribution in [0.1, 0.15) is 32.6 Å². The first-order valence-electron chi connectivity index (χ1n) is 10.5. The van der Waals surface area contributed by atoms with Crippen LogP contribution in [0.25, 0.3) is 10.9 Å². The Bertz CT molecular complexity index is 1320. The van der Waals surface area contributed by atoms with Gasteiger partial charge >= 0.3 is 5.97 Å². The number of fused-ring (bicyclic) bond motifs is 1. The summed E-state index contributed by atoms with van der Waals surface area (Å²) >= 11 is 7.64. The Morgan fingerprint density at radius 3 is 2.64 bits per heavy atom. The van der Waals surface area contributed by atoms with Gasteiger partial charge < -0.3 is 9.47 Å². The number of thioether (sulfide) groups is 1. The van der Waals surface area contributed by atoms with Gasteiger partial charge in [-0.1, -0.05) is 59.6 Å². The van der Waals surface area contributed by atoms with Gasteiger partial charge in [0, 0.05) is 16.2 Å². The number of pyridine rings is 1. The van der Waals surface area contributed by atoms with E-state index in [-0.39, 0.29) is 6.61 Å². The number of carbonyl (C=O) groups excluding carboxylic acids is 1. The quantitative estimate of drug-likeness (QED) is 0.209. The van der Waals surface area contributed by atoms with Crippen molar-refractivity contribution in [2.24, 2.45) is 0 Å². The number of esters is 1. The summed E-state index contributed by atoms with van der Waals surface area (Å²) in [7, 11) is 1.37. The fraction of sp³-hybridized carbons (Fsp3) is 0.185. The Hall–Kier alpha value is -3.02. The van der Waals surface area contributed by atoms with Gasteiger partial charge in [-0.3, -0.25) is 0 Å². The maximum absolute atomic E-state index is 12.9. The zero-order valence-corrected chi connectivity index (χ0v) is 20.3. The van der Waals surface area contributed by atoms with E-state index in [1.54, 1.807) is 0 Å². The van der Waals surface area contributed by atoms with Gasteiger partial charge in [-0.05, 0) is 54.8 Å². The Morgan fingerprint density at radius 1 is 1.03 bits per heavy atom. The smallest absolute Gasteiger partial charge is 0.344 e. The van der Waals surface area contributed by atoms with Gasteiger partial charge in [-0.25, -0.2) is 9.78 Å². The molecule has 0 amide bonds. The molecule has 0 aliphatic heterocycles. The van der Waals surface area contributed by atoms with Crippen LogP contribution in [0.3, 0.4) is 0 Å². The van der Waals surface area contributed by atoms with Crippen molar-refractivity contribution in [3.63, 3.8) is 0 Å². The number of methoxy groups -OCH3 is 1. The number of halogens is 1. The van der Waals surface area contributed by atoms with Crippen molar-refractivity contribution in [1.29, 1.82) is 0 Å². The van der Waals surface area contributed by atoms with E-state index in [4.69, 9.17) is 26.1 Å². The van der Waals surface area contributed by atoms with Crippen molar-refractivity contribution in [1.82, 2.24) is 4.98 Å². The second-order valence-electron chi connectivity index (χ2n) is 7.77. The van der Waals surface area contributed by atoms with E-state index in [1.165, 1.54) is 35.6 Å². The van der Waals surface area contributed by atoms with Crippen LogP contribution in [0.15, 0.2) is 71.8 Å². The maximum atomic E-state index is 12.9. The van der Waals surface area contributed by atoms with E-state index in [0.29, 0.717) is 27.1 Å². The van der Waals surface area contributed by atoms with Gasteiger partial charge in [0.25, 0.3) is 0 Å². The highest BCUT2D eigenvalue weighted by molar-refractivity contribution is 7.98. The molecule has 0 N–H and O–H groups in total. The molecule has 33 heavy (non-hydrogen) atoms. The maximum Gasteiger partial charge on any atom is 0.344 e. The van der Waals surface area contributed by atoms with E-state index in [1.807, 2.05) is 48.5 Å². The minimum Gasteiger partial charge on any atom is -0.487 e. The molecule has 1 aromatic heterocycles. The molecule has 0 fully saturated rings. The Morgan fingerprint density at radius 2 is 1.85 bits per heavy atom. The van der Waals surface area contributed by atoms with Crippen molar-refractivity contribution in [3.8, 4) is 5.75 Å². The predicted octanol–water partition coefficient (Wildman–Crippen LogP) is 7.16. The van der Waals surface area contributed by atoms with Crippen LogP contribution in [-0.2, 0) is 17.1 Å². The van der Waals surface area contributed by atoms with Gasteiger partial charge in [0.05, 0.1) is 12.6 Å². The van der Waals surface area contributed by atoms with E-state index in [9.17, 15) is 4.79 Å². The van der Waals surface area contributed by atoms with Crippen molar-refractivity contribution in [2.75, 3.05) is 7.11 Å².